The predicted molar refractivity (Wildman–Crippen MR) is 65.3 cm³/mol. The Morgan fingerprint density at radius 1 is 1.41 bits per heavy atom. The van der Waals surface area contributed by atoms with Crippen LogP contribution in [0.15, 0.2) is 18.2 Å². The first-order valence-electron chi connectivity index (χ1n) is 5.76. The van der Waals surface area contributed by atoms with Crippen LogP contribution in [-0.4, -0.2) is 29.2 Å². The van der Waals surface area contributed by atoms with Crippen molar-refractivity contribution in [1.82, 2.24) is 0 Å². The lowest BCUT2D eigenvalue weighted by molar-refractivity contribution is -0.385. The van der Waals surface area contributed by atoms with Gasteiger partial charge in [0, 0.05) is 30.4 Å². The number of nitrogens with zero attached hydrogens (tertiary/aromatic N) is 2. The summed E-state index contributed by atoms with van der Waals surface area (Å²) < 4.78 is 0. The minimum absolute atomic E-state index is 0.158. The molecule has 1 aliphatic rings. The third-order valence-electron chi connectivity index (χ3n) is 3.21. The Bertz CT molecular complexity index is 426. The van der Waals surface area contributed by atoms with Crippen molar-refractivity contribution in [2.75, 3.05) is 18.0 Å². The van der Waals surface area contributed by atoms with Crippen LogP contribution in [0.3, 0.4) is 0 Å². The lowest BCUT2D eigenvalue weighted by atomic mass is 10.1. The van der Waals surface area contributed by atoms with Gasteiger partial charge in [0.1, 0.15) is 0 Å². The van der Waals surface area contributed by atoms with Crippen molar-refractivity contribution in [2.45, 2.75) is 25.9 Å². The first kappa shape index (κ1) is 11.9. The van der Waals surface area contributed by atoms with E-state index in [9.17, 15) is 15.2 Å². The second-order valence-corrected chi connectivity index (χ2v) is 4.45. The lowest BCUT2D eigenvalue weighted by Gasteiger charge is -2.31. The van der Waals surface area contributed by atoms with Gasteiger partial charge in [0.05, 0.1) is 11.0 Å². The molecule has 0 saturated carbocycles. The molecule has 0 bridgehead atoms. The number of anilines is 1. The van der Waals surface area contributed by atoms with Crippen molar-refractivity contribution >= 4 is 11.4 Å². The van der Waals surface area contributed by atoms with Crippen LogP contribution < -0.4 is 4.90 Å². The summed E-state index contributed by atoms with van der Waals surface area (Å²) in [7, 11) is 0. The second kappa shape index (κ2) is 4.71. The maximum Gasteiger partial charge on any atom is 0.272 e. The van der Waals surface area contributed by atoms with Crippen molar-refractivity contribution < 1.29 is 10.0 Å². The molecule has 2 rings (SSSR count). The average molecular weight is 236 g/mol. The number of benzene rings is 1. The van der Waals surface area contributed by atoms with Gasteiger partial charge >= 0.3 is 0 Å². The van der Waals surface area contributed by atoms with E-state index < -0.39 is 0 Å². The molecule has 1 aromatic rings. The van der Waals surface area contributed by atoms with Gasteiger partial charge in [-0.1, -0.05) is 0 Å². The number of nitro benzene ring substituents is 1. The van der Waals surface area contributed by atoms with E-state index >= 15 is 0 Å². The summed E-state index contributed by atoms with van der Waals surface area (Å²) in [5.74, 6) is 0. The van der Waals surface area contributed by atoms with Gasteiger partial charge in [0.15, 0.2) is 0 Å². The number of rotatable bonds is 2. The highest BCUT2D eigenvalue weighted by Crippen LogP contribution is 2.26. The molecule has 0 amide bonds. The number of aryl methyl sites for hydroxylation is 1. The summed E-state index contributed by atoms with van der Waals surface area (Å²) in [5, 5.41) is 20.1. The average Bonchev–Trinajstić information content (AvgIpc) is 2.29. The topological polar surface area (TPSA) is 66.6 Å². The summed E-state index contributed by atoms with van der Waals surface area (Å²) in [6.07, 6.45) is 1.32. The molecule has 1 aromatic carbocycles. The molecule has 0 aliphatic carbocycles. The molecule has 5 nitrogen and oxygen atoms in total. The monoisotopic (exact) mass is 236 g/mol. The number of nitro groups is 1. The summed E-state index contributed by atoms with van der Waals surface area (Å²) in [6, 6.07) is 5.17. The third-order valence-corrected chi connectivity index (χ3v) is 3.21. The molecule has 0 aromatic heterocycles. The Hall–Kier alpha value is -1.62. The number of aliphatic hydroxyl groups is 1. The molecule has 1 N–H and O–H groups in total. The van der Waals surface area contributed by atoms with E-state index in [0.717, 1.165) is 31.6 Å². The zero-order valence-corrected chi connectivity index (χ0v) is 9.80. The Morgan fingerprint density at radius 2 is 2.06 bits per heavy atom. The van der Waals surface area contributed by atoms with E-state index in [-0.39, 0.29) is 16.7 Å². The van der Waals surface area contributed by atoms with Gasteiger partial charge in [0.2, 0.25) is 0 Å². The van der Waals surface area contributed by atoms with E-state index in [1.54, 1.807) is 19.1 Å². The molecule has 1 fully saturated rings. The van der Waals surface area contributed by atoms with Crippen molar-refractivity contribution in [3.8, 4) is 0 Å². The van der Waals surface area contributed by atoms with Crippen LogP contribution >= 0.6 is 0 Å². The molecule has 0 radical (unpaired) electrons. The van der Waals surface area contributed by atoms with E-state index in [2.05, 4.69) is 4.90 Å². The smallest absolute Gasteiger partial charge is 0.272 e. The molecule has 0 spiro atoms. The lowest BCUT2D eigenvalue weighted by Crippen LogP contribution is -2.35. The van der Waals surface area contributed by atoms with Crippen molar-refractivity contribution in [3.63, 3.8) is 0 Å². The first-order valence-corrected chi connectivity index (χ1v) is 5.76. The largest absolute Gasteiger partial charge is 0.393 e. The molecule has 0 unspecified atom stereocenters. The van der Waals surface area contributed by atoms with Crippen molar-refractivity contribution in [2.24, 2.45) is 0 Å². The second-order valence-electron chi connectivity index (χ2n) is 4.45. The predicted octanol–water partition coefficient (Wildman–Crippen LogP) is 1.86. The van der Waals surface area contributed by atoms with Crippen LogP contribution in [0.1, 0.15) is 18.4 Å². The molecular weight excluding hydrogens is 220 g/mol. The van der Waals surface area contributed by atoms with Crippen molar-refractivity contribution in [1.29, 1.82) is 0 Å². The fourth-order valence-corrected chi connectivity index (χ4v) is 2.17. The third kappa shape index (κ3) is 2.55. The maximum atomic E-state index is 10.7. The number of piperidine rings is 1. The van der Waals surface area contributed by atoms with Gasteiger partial charge in [-0.25, -0.2) is 0 Å². The van der Waals surface area contributed by atoms with Crippen LogP contribution in [-0.2, 0) is 0 Å². The van der Waals surface area contributed by atoms with Crippen molar-refractivity contribution in [3.05, 3.63) is 33.9 Å². The minimum atomic E-state index is -0.362. The van der Waals surface area contributed by atoms with Crippen LogP contribution in [0.2, 0.25) is 0 Å². The fraction of sp³-hybridized carbons (Fsp3) is 0.500. The number of aliphatic hydroxyl groups excluding tert-OH is 1. The molecule has 5 heteroatoms. The van der Waals surface area contributed by atoms with Crippen LogP contribution in [0, 0.1) is 17.0 Å². The normalized spacial score (nSPS) is 17.2. The molecule has 1 heterocycles. The summed E-state index contributed by atoms with van der Waals surface area (Å²) in [6.45, 7) is 3.36. The van der Waals surface area contributed by atoms with E-state index in [1.807, 2.05) is 6.07 Å². The zero-order chi connectivity index (χ0) is 12.4. The van der Waals surface area contributed by atoms with Gasteiger partial charge in [-0.05, 0) is 31.9 Å². The molecule has 1 aliphatic heterocycles. The Labute approximate surface area is 99.8 Å². The molecule has 0 atom stereocenters. The van der Waals surface area contributed by atoms with Gasteiger partial charge in [-0.2, -0.15) is 0 Å². The maximum absolute atomic E-state index is 10.7. The summed E-state index contributed by atoms with van der Waals surface area (Å²) >= 11 is 0. The molecular formula is C12H16N2O3. The quantitative estimate of drug-likeness (QED) is 0.628. The SMILES string of the molecule is Cc1cc(N2CCC(O)CC2)ccc1[N+](=O)[O-]. The van der Waals surface area contributed by atoms with Gasteiger partial charge in [-0.3, -0.25) is 10.1 Å². The zero-order valence-electron chi connectivity index (χ0n) is 9.80. The Kier molecular flexibility index (Phi) is 3.28. The standard InChI is InChI=1S/C12H16N2O3/c1-9-8-10(2-3-12(9)14(16)17)13-6-4-11(15)5-7-13/h2-3,8,11,15H,4-7H2,1H3. The van der Waals surface area contributed by atoms with E-state index in [1.165, 1.54) is 0 Å². The highest BCUT2D eigenvalue weighted by Gasteiger charge is 2.19. The van der Waals surface area contributed by atoms with Gasteiger partial charge < -0.3 is 10.0 Å². The highest BCUT2D eigenvalue weighted by molar-refractivity contribution is 5.55. The Morgan fingerprint density at radius 3 is 2.59 bits per heavy atom. The van der Waals surface area contributed by atoms with E-state index in [0.29, 0.717) is 5.56 Å². The first-order chi connectivity index (χ1) is 8.08. The summed E-state index contributed by atoms with van der Waals surface area (Å²) in [4.78, 5) is 12.5. The Balaban J connectivity index is 2.17. The van der Waals surface area contributed by atoms with Gasteiger partial charge in [0.25, 0.3) is 5.69 Å². The molecule has 1 saturated heterocycles. The summed E-state index contributed by atoms with van der Waals surface area (Å²) in [5.41, 5.74) is 1.84. The van der Waals surface area contributed by atoms with Crippen LogP contribution in [0.4, 0.5) is 11.4 Å². The highest BCUT2D eigenvalue weighted by atomic mass is 16.6. The molecule has 92 valence electrons. The number of hydrogen-bond acceptors (Lipinski definition) is 4. The number of hydrogen-bond donors (Lipinski definition) is 1. The van der Waals surface area contributed by atoms with Crippen LogP contribution in [0.5, 0.6) is 0 Å². The fourth-order valence-electron chi connectivity index (χ4n) is 2.17. The molecule has 17 heavy (non-hydrogen) atoms. The van der Waals surface area contributed by atoms with Gasteiger partial charge in [-0.15, -0.1) is 0 Å². The minimum Gasteiger partial charge on any atom is -0.393 e. The van der Waals surface area contributed by atoms with Crippen LogP contribution in [0.25, 0.3) is 0 Å². The van der Waals surface area contributed by atoms with E-state index in [4.69, 9.17) is 0 Å².